The molecule has 0 aliphatic carbocycles. The molecule has 2 heterocycles. The molecule has 0 saturated carbocycles. The lowest BCUT2D eigenvalue weighted by Crippen LogP contribution is -1.96. The van der Waals surface area contributed by atoms with Gasteiger partial charge in [0.2, 0.25) is 0 Å². The van der Waals surface area contributed by atoms with Crippen LogP contribution in [0.3, 0.4) is 0 Å². The number of nitrogens with zero attached hydrogens (tertiary/aromatic N) is 2. The normalized spacial score (nSPS) is 10.9. The molecule has 3 rings (SSSR count). The van der Waals surface area contributed by atoms with Crippen LogP contribution in [0.4, 0.5) is 0 Å². The number of aromatic hydroxyl groups is 1. The van der Waals surface area contributed by atoms with E-state index >= 15 is 0 Å². The molecule has 0 spiro atoms. The van der Waals surface area contributed by atoms with E-state index in [0.29, 0.717) is 6.54 Å². The molecule has 0 radical (unpaired) electrons. The highest BCUT2D eigenvalue weighted by molar-refractivity contribution is 5.64. The first-order valence-corrected chi connectivity index (χ1v) is 5.73. The van der Waals surface area contributed by atoms with E-state index in [4.69, 9.17) is 5.73 Å². The van der Waals surface area contributed by atoms with Crippen LogP contribution in [0, 0.1) is 0 Å². The number of pyridine rings is 1. The maximum Gasteiger partial charge on any atom is 0.137 e. The molecule has 0 unspecified atom stereocenters. The second-order valence-electron chi connectivity index (χ2n) is 4.18. The molecule has 1 aromatic carbocycles. The van der Waals surface area contributed by atoms with Gasteiger partial charge in [-0.25, -0.2) is 4.98 Å². The molecule has 3 N–H and O–H groups in total. The first-order valence-electron chi connectivity index (χ1n) is 5.73. The van der Waals surface area contributed by atoms with Gasteiger partial charge in [-0.05, 0) is 29.8 Å². The van der Waals surface area contributed by atoms with Gasteiger partial charge in [-0.3, -0.25) is 0 Å². The highest BCUT2D eigenvalue weighted by atomic mass is 16.3. The van der Waals surface area contributed by atoms with E-state index in [2.05, 4.69) is 4.98 Å². The first kappa shape index (κ1) is 10.8. The Morgan fingerprint density at radius 3 is 2.89 bits per heavy atom. The maximum atomic E-state index is 9.48. The summed E-state index contributed by atoms with van der Waals surface area (Å²) in [6.07, 6.45) is 3.88. The fourth-order valence-corrected chi connectivity index (χ4v) is 1.96. The molecule has 0 aliphatic heterocycles. The monoisotopic (exact) mass is 239 g/mol. The number of phenolic OH excluding ortho intramolecular Hbond substituents is 1. The molecule has 18 heavy (non-hydrogen) atoms. The molecule has 0 aliphatic rings. The molecule has 0 bridgehead atoms. The molecular formula is C14H13N3O. The Bertz CT molecular complexity index is 703. The van der Waals surface area contributed by atoms with Crippen molar-refractivity contribution in [3.63, 3.8) is 0 Å². The van der Waals surface area contributed by atoms with Gasteiger partial charge in [-0.1, -0.05) is 12.1 Å². The largest absolute Gasteiger partial charge is 0.508 e. The predicted octanol–water partition coefficient (Wildman–Crippen LogP) is 2.17. The third kappa shape index (κ3) is 1.83. The molecule has 90 valence electrons. The molecule has 0 amide bonds. The second-order valence-corrected chi connectivity index (χ2v) is 4.18. The molecule has 2 aromatic heterocycles. The summed E-state index contributed by atoms with van der Waals surface area (Å²) in [7, 11) is 0. The fourth-order valence-electron chi connectivity index (χ4n) is 1.96. The van der Waals surface area contributed by atoms with Crippen molar-refractivity contribution < 1.29 is 5.11 Å². The minimum atomic E-state index is 0.243. The van der Waals surface area contributed by atoms with Gasteiger partial charge in [-0.2, -0.15) is 0 Å². The number of rotatable bonds is 2. The summed E-state index contributed by atoms with van der Waals surface area (Å²) in [6, 6.07) is 11.0. The Hall–Kier alpha value is -2.33. The van der Waals surface area contributed by atoms with E-state index in [1.54, 1.807) is 18.2 Å². The zero-order valence-corrected chi connectivity index (χ0v) is 9.74. The van der Waals surface area contributed by atoms with Gasteiger partial charge < -0.3 is 15.2 Å². The van der Waals surface area contributed by atoms with Crippen LogP contribution >= 0.6 is 0 Å². The third-order valence-electron chi connectivity index (χ3n) is 2.90. The van der Waals surface area contributed by atoms with Crippen molar-refractivity contribution in [1.82, 2.24) is 9.38 Å². The Balaban J connectivity index is 2.13. The summed E-state index contributed by atoms with van der Waals surface area (Å²) in [4.78, 5) is 4.53. The molecule has 4 heteroatoms. The summed E-state index contributed by atoms with van der Waals surface area (Å²) >= 11 is 0. The molecular weight excluding hydrogens is 226 g/mol. The Kier molecular flexibility index (Phi) is 2.50. The average Bonchev–Trinajstić information content (AvgIpc) is 2.81. The maximum absolute atomic E-state index is 9.48. The number of imidazole rings is 1. The van der Waals surface area contributed by atoms with Crippen molar-refractivity contribution in [2.24, 2.45) is 5.73 Å². The average molecular weight is 239 g/mol. The van der Waals surface area contributed by atoms with Gasteiger partial charge >= 0.3 is 0 Å². The molecule has 0 atom stereocenters. The van der Waals surface area contributed by atoms with E-state index in [-0.39, 0.29) is 5.75 Å². The molecule has 4 nitrogen and oxygen atoms in total. The van der Waals surface area contributed by atoms with Crippen LogP contribution in [-0.4, -0.2) is 14.5 Å². The number of phenols is 1. The molecule has 0 fully saturated rings. The number of hydrogen-bond donors (Lipinski definition) is 2. The van der Waals surface area contributed by atoms with Gasteiger partial charge in [0.05, 0.1) is 5.69 Å². The van der Waals surface area contributed by atoms with Gasteiger partial charge in [-0.15, -0.1) is 0 Å². The van der Waals surface area contributed by atoms with Crippen molar-refractivity contribution in [2.45, 2.75) is 6.54 Å². The molecule has 3 aromatic rings. The predicted molar refractivity (Wildman–Crippen MR) is 70.2 cm³/mol. The van der Waals surface area contributed by atoms with E-state index in [0.717, 1.165) is 22.5 Å². The lowest BCUT2D eigenvalue weighted by Gasteiger charge is -1.96. The van der Waals surface area contributed by atoms with Crippen molar-refractivity contribution >= 4 is 5.65 Å². The highest BCUT2D eigenvalue weighted by Crippen LogP contribution is 2.23. The summed E-state index contributed by atoms with van der Waals surface area (Å²) in [6.45, 7) is 0.505. The zero-order chi connectivity index (χ0) is 12.5. The number of hydrogen-bond acceptors (Lipinski definition) is 3. The van der Waals surface area contributed by atoms with Gasteiger partial charge in [0.15, 0.2) is 0 Å². The standard InChI is InChI=1S/C14H13N3O/c15-8-10-4-5-17-9-13(16-14(17)6-10)11-2-1-3-12(18)7-11/h1-7,9,18H,8,15H2. The topological polar surface area (TPSA) is 63.5 Å². The Morgan fingerprint density at radius 2 is 2.11 bits per heavy atom. The SMILES string of the molecule is NCc1ccn2cc(-c3cccc(O)c3)nc2c1. The molecule has 0 saturated heterocycles. The van der Waals surface area contributed by atoms with E-state index in [9.17, 15) is 5.11 Å². The van der Waals surface area contributed by atoms with Crippen LogP contribution in [0.25, 0.3) is 16.9 Å². The lowest BCUT2D eigenvalue weighted by atomic mass is 10.2. The third-order valence-corrected chi connectivity index (χ3v) is 2.90. The van der Waals surface area contributed by atoms with Crippen LogP contribution in [0.1, 0.15) is 5.56 Å². The first-order chi connectivity index (χ1) is 8.76. The number of nitrogens with two attached hydrogens (primary N) is 1. The summed E-state index contributed by atoms with van der Waals surface area (Å²) < 4.78 is 1.94. The summed E-state index contributed by atoms with van der Waals surface area (Å²) in [5.41, 5.74) is 9.25. The summed E-state index contributed by atoms with van der Waals surface area (Å²) in [5.74, 6) is 0.243. The van der Waals surface area contributed by atoms with E-state index < -0.39 is 0 Å². The number of fused-ring (bicyclic) bond motifs is 1. The zero-order valence-electron chi connectivity index (χ0n) is 9.74. The van der Waals surface area contributed by atoms with Crippen LogP contribution in [0.5, 0.6) is 5.75 Å². The number of aromatic nitrogens is 2. The minimum absolute atomic E-state index is 0.243. The van der Waals surface area contributed by atoms with Crippen LogP contribution in [0.2, 0.25) is 0 Å². The van der Waals surface area contributed by atoms with Crippen molar-refractivity contribution in [3.8, 4) is 17.0 Å². The van der Waals surface area contributed by atoms with E-state index in [1.807, 2.05) is 35.0 Å². The van der Waals surface area contributed by atoms with E-state index in [1.165, 1.54) is 0 Å². The second kappa shape index (κ2) is 4.16. The lowest BCUT2D eigenvalue weighted by molar-refractivity contribution is 0.475. The van der Waals surface area contributed by atoms with Gasteiger partial charge in [0, 0.05) is 24.5 Å². The van der Waals surface area contributed by atoms with Crippen molar-refractivity contribution in [2.75, 3.05) is 0 Å². The Morgan fingerprint density at radius 1 is 1.22 bits per heavy atom. The smallest absolute Gasteiger partial charge is 0.137 e. The van der Waals surface area contributed by atoms with Crippen LogP contribution in [-0.2, 0) is 6.54 Å². The number of benzene rings is 1. The van der Waals surface area contributed by atoms with Crippen LogP contribution in [0.15, 0.2) is 48.8 Å². The van der Waals surface area contributed by atoms with Gasteiger partial charge in [0.25, 0.3) is 0 Å². The summed E-state index contributed by atoms with van der Waals surface area (Å²) in [5, 5.41) is 9.48. The fraction of sp³-hybridized carbons (Fsp3) is 0.0714. The highest BCUT2D eigenvalue weighted by Gasteiger charge is 2.05. The van der Waals surface area contributed by atoms with Crippen molar-refractivity contribution in [1.29, 1.82) is 0 Å². The van der Waals surface area contributed by atoms with Crippen LogP contribution < -0.4 is 5.73 Å². The minimum Gasteiger partial charge on any atom is -0.508 e. The van der Waals surface area contributed by atoms with Gasteiger partial charge in [0.1, 0.15) is 11.4 Å². The Labute approximate surface area is 104 Å². The van der Waals surface area contributed by atoms with Crippen molar-refractivity contribution in [3.05, 3.63) is 54.4 Å². The quantitative estimate of drug-likeness (QED) is 0.720.